The molecule has 1 aliphatic rings. The van der Waals surface area contributed by atoms with E-state index in [1.165, 1.54) is 27.5 Å². The van der Waals surface area contributed by atoms with Crippen LogP contribution in [-0.2, 0) is 6.42 Å². The molecule has 0 bridgehead atoms. The molecule has 19 heavy (non-hydrogen) atoms. The lowest BCUT2D eigenvalue weighted by Crippen LogP contribution is -2.16. The van der Waals surface area contributed by atoms with E-state index in [4.69, 9.17) is 0 Å². The van der Waals surface area contributed by atoms with Crippen LogP contribution in [0.3, 0.4) is 0 Å². The largest absolute Gasteiger partial charge is 0.383 e. The van der Waals surface area contributed by atoms with Gasteiger partial charge < -0.3 is 5.32 Å². The Balaban J connectivity index is 1.63. The molecule has 0 aromatic heterocycles. The Hall–Kier alpha value is -1.06. The van der Waals surface area contributed by atoms with E-state index >= 15 is 0 Å². The van der Waals surface area contributed by atoms with E-state index in [1.807, 2.05) is 11.8 Å². The van der Waals surface area contributed by atoms with Crippen LogP contribution in [0.15, 0.2) is 58.3 Å². The van der Waals surface area contributed by atoms with Crippen molar-refractivity contribution in [2.45, 2.75) is 21.5 Å². The second-order valence-electron chi connectivity index (χ2n) is 4.63. The smallest absolute Gasteiger partial charge is 0.0478 e. The monoisotopic (exact) mass is 287 g/mol. The second kappa shape index (κ2) is 5.93. The number of rotatable bonds is 4. The maximum Gasteiger partial charge on any atom is 0.0478 e. The summed E-state index contributed by atoms with van der Waals surface area (Å²) in [6.45, 7) is 1.02. The molecular weight excluding hydrogens is 270 g/mol. The van der Waals surface area contributed by atoms with E-state index in [1.54, 1.807) is 11.8 Å². The lowest BCUT2D eigenvalue weighted by atomic mass is 10.1. The lowest BCUT2D eigenvalue weighted by molar-refractivity contribution is 0.897. The Morgan fingerprint density at radius 3 is 2.79 bits per heavy atom. The van der Waals surface area contributed by atoms with Crippen molar-refractivity contribution in [3.63, 3.8) is 0 Å². The fourth-order valence-corrected chi connectivity index (χ4v) is 4.21. The van der Waals surface area contributed by atoms with Gasteiger partial charge in [0.2, 0.25) is 0 Å². The molecule has 0 saturated carbocycles. The second-order valence-corrected chi connectivity index (χ2v) is 6.82. The summed E-state index contributed by atoms with van der Waals surface area (Å²) >= 11 is 3.80. The molecule has 98 valence electrons. The molecule has 0 aliphatic carbocycles. The molecule has 1 aliphatic heterocycles. The lowest BCUT2D eigenvalue weighted by Gasteiger charge is -2.13. The van der Waals surface area contributed by atoms with Gasteiger partial charge in [0.25, 0.3) is 0 Å². The van der Waals surface area contributed by atoms with E-state index in [0.717, 1.165) is 6.54 Å². The Kier molecular flexibility index (Phi) is 4.04. The standard InChI is InChI=1S/C16H17NS2/c1-18-16-9-5-3-7-14(16)17-11-13-10-12-6-2-4-8-15(12)19-13/h2-9,13,17H,10-11H2,1H3. The zero-order valence-corrected chi connectivity index (χ0v) is 12.6. The summed E-state index contributed by atoms with van der Waals surface area (Å²) in [5.41, 5.74) is 2.75. The molecule has 1 unspecified atom stereocenters. The fourth-order valence-electron chi connectivity index (χ4n) is 2.38. The Labute approximate surface area is 123 Å². The maximum absolute atomic E-state index is 3.60. The highest BCUT2D eigenvalue weighted by Crippen LogP contribution is 2.37. The van der Waals surface area contributed by atoms with Crippen LogP contribution in [-0.4, -0.2) is 18.1 Å². The van der Waals surface area contributed by atoms with Crippen LogP contribution in [0.4, 0.5) is 5.69 Å². The molecule has 0 amide bonds. The van der Waals surface area contributed by atoms with Gasteiger partial charge in [-0.25, -0.2) is 0 Å². The number of nitrogens with one attached hydrogen (secondary N) is 1. The predicted octanol–water partition coefficient (Wildman–Crippen LogP) is 4.54. The highest BCUT2D eigenvalue weighted by molar-refractivity contribution is 8.00. The topological polar surface area (TPSA) is 12.0 Å². The van der Waals surface area contributed by atoms with Crippen molar-refractivity contribution in [1.82, 2.24) is 0 Å². The third-order valence-corrected chi connectivity index (χ3v) is 5.46. The van der Waals surface area contributed by atoms with Crippen LogP contribution in [0.2, 0.25) is 0 Å². The van der Waals surface area contributed by atoms with E-state index in [9.17, 15) is 0 Å². The number of thioether (sulfide) groups is 2. The van der Waals surface area contributed by atoms with Gasteiger partial charge in [0.1, 0.15) is 0 Å². The predicted molar refractivity (Wildman–Crippen MR) is 86.5 cm³/mol. The maximum atomic E-state index is 3.60. The minimum absolute atomic E-state index is 0.646. The zero-order valence-electron chi connectivity index (χ0n) is 10.9. The molecule has 2 aromatic rings. The Morgan fingerprint density at radius 2 is 1.95 bits per heavy atom. The van der Waals surface area contributed by atoms with Gasteiger partial charge in [-0.15, -0.1) is 23.5 Å². The van der Waals surface area contributed by atoms with Crippen molar-refractivity contribution in [3.05, 3.63) is 54.1 Å². The highest BCUT2D eigenvalue weighted by atomic mass is 32.2. The van der Waals surface area contributed by atoms with Crippen molar-refractivity contribution >= 4 is 29.2 Å². The fraction of sp³-hybridized carbons (Fsp3) is 0.250. The molecular formula is C16H17NS2. The average Bonchev–Trinajstić information content (AvgIpc) is 2.88. The molecule has 0 saturated heterocycles. The molecule has 1 nitrogen and oxygen atoms in total. The summed E-state index contributed by atoms with van der Waals surface area (Å²) in [6, 6.07) is 17.3. The van der Waals surface area contributed by atoms with E-state index < -0.39 is 0 Å². The molecule has 1 N–H and O–H groups in total. The van der Waals surface area contributed by atoms with Gasteiger partial charge >= 0.3 is 0 Å². The summed E-state index contributed by atoms with van der Waals surface area (Å²) in [4.78, 5) is 2.77. The molecule has 0 radical (unpaired) electrons. The van der Waals surface area contributed by atoms with Gasteiger partial charge in [0.05, 0.1) is 0 Å². The first kappa shape index (κ1) is 12.9. The summed E-state index contributed by atoms with van der Waals surface area (Å²) in [6.07, 6.45) is 3.30. The number of hydrogen-bond donors (Lipinski definition) is 1. The van der Waals surface area contributed by atoms with E-state index in [-0.39, 0.29) is 0 Å². The minimum Gasteiger partial charge on any atom is -0.383 e. The van der Waals surface area contributed by atoms with Crippen molar-refractivity contribution in [3.8, 4) is 0 Å². The third-order valence-electron chi connectivity index (χ3n) is 3.34. The Morgan fingerprint density at radius 1 is 1.16 bits per heavy atom. The molecule has 3 rings (SSSR count). The van der Waals surface area contributed by atoms with Crippen LogP contribution in [0.1, 0.15) is 5.56 Å². The molecule has 3 heteroatoms. The van der Waals surface area contributed by atoms with Gasteiger partial charge in [0, 0.05) is 27.3 Å². The summed E-state index contributed by atoms with van der Waals surface area (Å²) < 4.78 is 0. The number of hydrogen-bond acceptors (Lipinski definition) is 3. The summed E-state index contributed by atoms with van der Waals surface area (Å²) in [5, 5.41) is 4.24. The van der Waals surface area contributed by atoms with Crippen molar-refractivity contribution in [1.29, 1.82) is 0 Å². The normalized spacial score (nSPS) is 17.2. The molecule has 0 fully saturated rings. The molecule has 2 aromatic carbocycles. The average molecular weight is 287 g/mol. The number of anilines is 1. The summed E-state index contributed by atoms with van der Waals surface area (Å²) in [7, 11) is 0. The van der Waals surface area contributed by atoms with Crippen molar-refractivity contribution in [2.75, 3.05) is 18.1 Å². The van der Waals surface area contributed by atoms with Crippen LogP contribution >= 0.6 is 23.5 Å². The third kappa shape index (κ3) is 2.93. The Bertz CT molecular complexity index is 543. The van der Waals surface area contributed by atoms with Gasteiger partial charge in [-0.05, 0) is 36.4 Å². The number of benzene rings is 2. The van der Waals surface area contributed by atoms with Gasteiger partial charge in [-0.1, -0.05) is 30.3 Å². The van der Waals surface area contributed by atoms with Crippen LogP contribution in [0.25, 0.3) is 0 Å². The zero-order chi connectivity index (χ0) is 13.1. The summed E-state index contributed by atoms with van der Waals surface area (Å²) in [5.74, 6) is 0. The molecule has 1 heterocycles. The van der Waals surface area contributed by atoms with Crippen LogP contribution in [0, 0.1) is 0 Å². The van der Waals surface area contributed by atoms with Crippen LogP contribution in [0.5, 0.6) is 0 Å². The molecule has 0 spiro atoms. The van der Waals surface area contributed by atoms with Crippen molar-refractivity contribution < 1.29 is 0 Å². The van der Waals surface area contributed by atoms with Crippen molar-refractivity contribution in [2.24, 2.45) is 0 Å². The van der Waals surface area contributed by atoms with Gasteiger partial charge in [-0.2, -0.15) is 0 Å². The first-order chi connectivity index (χ1) is 9.36. The number of fused-ring (bicyclic) bond motifs is 1. The highest BCUT2D eigenvalue weighted by Gasteiger charge is 2.21. The SMILES string of the molecule is CSc1ccccc1NCC1Cc2ccccc2S1. The van der Waals surface area contributed by atoms with E-state index in [2.05, 4.69) is 60.1 Å². The van der Waals surface area contributed by atoms with Gasteiger partial charge in [0.15, 0.2) is 0 Å². The first-order valence-electron chi connectivity index (χ1n) is 6.48. The first-order valence-corrected chi connectivity index (χ1v) is 8.58. The van der Waals surface area contributed by atoms with Gasteiger partial charge in [-0.3, -0.25) is 0 Å². The van der Waals surface area contributed by atoms with Crippen LogP contribution < -0.4 is 5.32 Å². The quantitative estimate of drug-likeness (QED) is 0.829. The molecule has 1 atom stereocenters. The number of para-hydroxylation sites is 1. The minimum atomic E-state index is 0.646. The van der Waals surface area contributed by atoms with E-state index in [0.29, 0.717) is 5.25 Å².